The van der Waals surface area contributed by atoms with Crippen LogP contribution < -0.4 is 5.73 Å². The summed E-state index contributed by atoms with van der Waals surface area (Å²) >= 11 is 0. The van der Waals surface area contributed by atoms with Crippen LogP contribution in [0.3, 0.4) is 0 Å². The second-order valence-electron chi connectivity index (χ2n) is 3.33. The van der Waals surface area contributed by atoms with Gasteiger partial charge in [-0.3, -0.25) is 0 Å². The van der Waals surface area contributed by atoms with Gasteiger partial charge in [0.15, 0.2) is 5.69 Å². The predicted octanol–water partition coefficient (Wildman–Crippen LogP) is 1.38. The number of hydrogen-bond donors (Lipinski definition) is 1. The summed E-state index contributed by atoms with van der Waals surface area (Å²) in [6, 6.07) is 6.93. The van der Waals surface area contributed by atoms with Crippen LogP contribution in [0.15, 0.2) is 30.3 Å². The summed E-state index contributed by atoms with van der Waals surface area (Å²) in [7, 11) is 1.26. The number of benzene rings is 1. The van der Waals surface area contributed by atoms with E-state index >= 15 is 0 Å². The third kappa shape index (κ3) is 2.10. The summed E-state index contributed by atoms with van der Waals surface area (Å²) in [6.45, 7) is 0. The minimum atomic E-state index is -0.557. The van der Waals surface area contributed by atoms with Crippen molar-refractivity contribution in [3.8, 4) is 5.69 Å². The number of ether oxygens (including phenoxy) is 1. The predicted molar refractivity (Wildman–Crippen MR) is 59.3 cm³/mol. The van der Waals surface area contributed by atoms with Gasteiger partial charge in [-0.1, -0.05) is 0 Å². The molecule has 2 aromatic rings. The lowest BCUT2D eigenvalue weighted by molar-refractivity contribution is 0.0590. The van der Waals surface area contributed by atoms with E-state index < -0.39 is 5.97 Å². The minimum Gasteiger partial charge on any atom is -0.464 e. The molecule has 6 heteroatoms. The Morgan fingerprint density at radius 1 is 1.41 bits per heavy atom. The molecule has 5 nitrogen and oxygen atoms in total. The van der Waals surface area contributed by atoms with Gasteiger partial charge < -0.3 is 10.5 Å². The van der Waals surface area contributed by atoms with Crippen molar-refractivity contribution in [2.24, 2.45) is 0 Å². The van der Waals surface area contributed by atoms with Gasteiger partial charge in [-0.2, -0.15) is 0 Å². The van der Waals surface area contributed by atoms with Gasteiger partial charge in [0.2, 0.25) is 0 Å². The van der Waals surface area contributed by atoms with Crippen LogP contribution in [-0.2, 0) is 4.74 Å². The topological polar surface area (TPSA) is 70.1 Å². The van der Waals surface area contributed by atoms with Crippen molar-refractivity contribution in [1.29, 1.82) is 0 Å². The van der Waals surface area contributed by atoms with E-state index in [1.165, 1.54) is 42.1 Å². The fraction of sp³-hybridized carbons (Fsp3) is 0.0909. The summed E-state index contributed by atoms with van der Waals surface area (Å²) in [6.07, 6.45) is 0. The number of anilines is 1. The van der Waals surface area contributed by atoms with Gasteiger partial charge in [-0.25, -0.2) is 13.9 Å². The van der Waals surface area contributed by atoms with Crippen LogP contribution in [0.25, 0.3) is 5.69 Å². The van der Waals surface area contributed by atoms with E-state index in [4.69, 9.17) is 5.73 Å². The van der Waals surface area contributed by atoms with Gasteiger partial charge in [0.25, 0.3) is 0 Å². The fourth-order valence-corrected chi connectivity index (χ4v) is 1.43. The average molecular weight is 235 g/mol. The summed E-state index contributed by atoms with van der Waals surface area (Å²) in [5.74, 6) is -0.734. The molecule has 88 valence electrons. The Morgan fingerprint density at radius 2 is 2.06 bits per heavy atom. The molecule has 0 saturated carbocycles. The number of nitrogen functional groups attached to an aromatic ring is 1. The molecule has 1 aromatic heterocycles. The Bertz CT molecular complexity index is 548. The number of nitrogens with zero attached hydrogens (tertiary/aromatic N) is 2. The summed E-state index contributed by atoms with van der Waals surface area (Å²) in [4.78, 5) is 11.5. The van der Waals surface area contributed by atoms with Crippen LogP contribution in [0.2, 0.25) is 0 Å². The van der Waals surface area contributed by atoms with Gasteiger partial charge in [0, 0.05) is 6.07 Å². The molecule has 0 aliphatic carbocycles. The minimum absolute atomic E-state index is 0.190. The van der Waals surface area contributed by atoms with Gasteiger partial charge >= 0.3 is 5.97 Å². The fourth-order valence-electron chi connectivity index (χ4n) is 1.43. The number of halogens is 1. The second-order valence-corrected chi connectivity index (χ2v) is 3.33. The lowest BCUT2D eigenvalue weighted by Gasteiger charge is -2.05. The molecular weight excluding hydrogens is 225 g/mol. The first-order valence-electron chi connectivity index (χ1n) is 4.81. The first kappa shape index (κ1) is 11.1. The Balaban J connectivity index is 2.51. The van der Waals surface area contributed by atoms with E-state index in [9.17, 15) is 9.18 Å². The van der Waals surface area contributed by atoms with Crippen molar-refractivity contribution < 1.29 is 13.9 Å². The molecule has 1 heterocycles. The van der Waals surface area contributed by atoms with Crippen LogP contribution in [0.5, 0.6) is 0 Å². The molecule has 0 radical (unpaired) electrons. The van der Waals surface area contributed by atoms with Crippen molar-refractivity contribution in [2.45, 2.75) is 0 Å². The Labute approximate surface area is 96.6 Å². The number of esters is 1. The number of methoxy groups -OCH3 is 1. The second kappa shape index (κ2) is 4.25. The number of hydrogen-bond acceptors (Lipinski definition) is 4. The molecule has 17 heavy (non-hydrogen) atoms. The van der Waals surface area contributed by atoms with Gasteiger partial charge in [-0.05, 0) is 24.3 Å². The van der Waals surface area contributed by atoms with Gasteiger partial charge in [0.1, 0.15) is 11.6 Å². The molecule has 0 amide bonds. The van der Waals surface area contributed by atoms with Crippen LogP contribution in [0.4, 0.5) is 10.2 Å². The highest BCUT2D eigenvalue weighted by molar-refractivity contribution is 5.89. The zero-order chi connectivity index (χ0) is 12.4. The highest BCUT2D eigenvalue weighted by Crippen LogP contribution is 2.15. The number of carbonyl (C=O) groups is 1. The van der Waals surface area contributed by atoms with Crippen LogP contribution in [0.1, 0.15) is 10.5 Å². The maximum Gasteiger partial charge on any atom is 0.356 e. The van der Waals surface area contributed by atoms with Crippen molar-refractivity contribution in [3.05, 3.63) is 41.8 Å². The molecule has 0 aliphatic heterocycles. The maximum absolute atomic E-state index is 12.8. The summed E-state index contributed by atoms with van der Waals surface area (Å²) in [5, 5.41) is 3.95. The van der Waals surface area contributed by atoms with Crippen molar-refractivity contribution in [3.63, 3.8) is 0 Å². The van der Waals surface area contributed by atoms with E-state index in [2.05, 4.69) is 9.84 Å². The maximum atomic E-state index is 12.8. The van der Waals surface area contributed by atoms with Crippen LogP contribution >= 0.6 is 0 Å². The van der Waals surface area contributed by atoms with Crippen molar-refractivity contribution >= 4 is 11.8 Å². The van der Waals surface area contributed by atoms with E-state index in [1.54, 1.807) is 0 Å². The summed E-state index contributed by atoms with van der Waals surface area (Å²) < 4.78 is 18.7. The van der Waals surface area contributed by atoms with Crippen molar-refractivity contribution in [2.75, 3.05) is 12.8 Å². The standard InChI is InChI=1S/C11H10FN3O2/c1-17-11(16)9-6-10(13)14-15(9)8-4-2-7(12)3-5-8/h2-6H,1H3,(H2,13,14). The van der Waals surface area contributed by atoms with E-state index in [-0.39, 0.29) is 17.3 Å². The van der Waals surface area contributed by atoms with Crippen molar-refractivity contribution in [1.82, 2.24) is 9.78 Å². The third-order valence-corrected chi connectivity index (χ3v) is 2.19. The molecule has 0 fully saturated rings. The molecule has 0 spiro atoms. The normalized spacial score (nSPS) is 10.2. The molecule has 0 atom stereocenters. The molecule has 0 unspecified atom stereocenters. The molecule has 0 saturated heterocycles. The SMILES string of the molecule is COC(=O)c1cc(N)nn1-c1ccc(F)cc1. The van der Waals surface area contributed by atoms with E-state index in [0.717, 1.165) is 0 Å². The average Bonchev–Trinajstić information content (AvgIpc) is 2.71. The van der Waals surface area contributed by atoms with Gasteiger partial charge in [0.05, 0.1) is 12.8 Å². The lowest BCUT2D eigenvalue weighted by atomic mass is 10.3. The Morgan fingerprint density at radius 3 is 2.65 bits per heavy atom. The number of rotatable bonds is 2. The third-order valence-electron chi connectivity index (χ3n) is 2.19. The molecule has 0 bridgehead atoms. The molecular formula is C11H10FN3O2. The monoisotopic (exact) mass is 235 g/mol. The lowest BCUT2D eigenvalue weighted by Crippen LogP contribution is -2.10. The largest absolute Gasteiger partial charge is 0.464 e. The molecule has 1 aromatic carbocycles. The van der Waals surface area contributed by atoms with E-state index in [0.29, 0.717) is 5.69 Å². The highest BCUT2D eigenvalue weighted by Gasteiger charge is 2.15. The number of aromatic nitrogens is 2. The zero-order valence-corrected chi connectivity index (χ0v) is 9.05. The van der Waals surface area contributed by atoms with Gasteiger partial charge in [-0.15, -0.1) is 5.10 Å². The molecule has 2 N–H and O–H groups in total. The number of nitrogens with two attached hydrogens (primary N) is 1. The van der Waals surface area contributed by atoms with Crippen LogP contribution in [0, 0.1) is 5.82 Å². The highest BCUT2D eigenvalue weighted by atomic mass is 19.1. The zero-order valence-electron chi connectivity index (χ0n) is 9.05. The number of carbonyl (C=O) groups excluding carboxylic acids is 1. The quantitative estimate of drug-likeness (QED) is 0.798. The first-order valence-corrected chi connectivity index (χ1v) is 4.81. The molecule has 2 rings (SSSR count). The Kier molecular flexibility index (Phi) is 2.78. The first-order chi connectivity index (χ1) is 8.11. The smallest absolute Gasteiger partial charge is 0.356 e. The Hall–Kier alpha value is -2.37. The molecule has 0 aliphatic rings. The summed E-state index contributed by atoms with van der Waals surface area (Å²) in [5.41, 5.74) is 6.25. The van der Waals surface area contributed by atoms with E-state index in [1.807, 2.05) is 0 Å². The van der Waals surface area contributed by atoms with Crippen LogP contribution in [-0.4, -0.2) is 22.9 Å².